The quantitative estimate of drug-likeness (QED) is 0.690. The summed E-state index contributed by atoms with van der Waals surface area (Å²) in [7, 11) is 1.86. The highest BCUT2D eigenvalue weighted by Crippen LogP contribution is 2.33. The first-order valence-electron chi connectivity index (χ1n) is 4.88. The van der Waals surface area contributed by atoms with Gasteiger partial charge in [-0.15, -0.1) is 0 Å². The van der Waals surface area contributed by atoms with E-state index in [1.54, 1.807) is 4.68 Å². The van der Waals surface area contributed by atoms with Crippen LogP contribution in [0.3, 0.4) is 0 Å². The van der Waals surface area contributed by atoms with Gasteiger partial charge in [-0.1, -0.05) is 13.8 Å². The van der Waals surface area contributed by atoms with Gasteiger partial charge in [0, 0.05) is 18.3 Å². The number of nitrogens with zero attached hydrogens (tertiary/aromatic N) is 2. The lowest BCUT2D eigenvalue weighted by molar-refractivity contribution is 0.0491. The van der Waals surface area contributed by atoms with Crippen LogP contribution >= 0.6 is 0 Å². The first-order chi connectivity index (χ1) is 6.61. The Morgan fingerprint density at radius 2 is 2.29 bits per heavy atom. The zero-order valence-electron chi connectivity index (χ0n) is 8.75. The topological polar surface area (TPSA) is 27.1 Å². The zero-order chi connectivity index (χ0) is 10.3. The van der Waals surface area contributed by atoms with Crippen molar-refractivity contribution in [2.75, 3.05) is 6.61 Å². The number of aryl methyl sites for hydroxylation is 1. The molecule has 0 amide bonds. The number of fused-ring (bicyclic) bond motifs is 1. The Balaban J connectivity index is 2.54. The van der Waals surface area contributed by atoms with E-state index in [1.807, 2.05) is 7.05 Å². The molecule has 3 nitrogen and oxygen atoms in total. The van der Waals surface area contributed by atoms with Gasteiger partial charge in [0.15, 0.2) is 6.17 Å². The number of alkyl halides is 1. The van der Waals surface area contributed by atoms with E-state index in [0.29, 0.717) is 12.5 Å². The van der Waals surface area contributed by atoms with Crippen molar-refractivity contribution in [1.82, 2.24) is 9.78 Å². The Morgan fingerprint density at radius 1 is 1.57 bits per heavy atom. The molecule has 1 aliphatic rings. The largest absolute Gasteiger partial charge is 0.372 e. The number of aromatic nitrogens is 2. The van der Waals surface area contributed by atoms with E-state index < -0.39 is 6.17 Å². The summed E-state index contributed by atoms with van der Waals surface area (Å²) in [5, 5.41) is 4.27. The first kappa shape index (κ1) is 9.65. The van der Waals surface area contributed by atoms with E-state index in [1.165, 1.54) is 0 Å². The Labute approximate surface area is 82.9 Å². The van der Waals surface area contributed by atoms with Crippen molar-refractivity contribution >= 4 is 0 Å². The minimum atomic E-state index is -1.01. The third kappa shape index (κ3) is 1.34. The highest BCUT2D eigenvalue weighted by atomic mass is 19.1. The molecule has 0 N–H and O–H groups in total. The first-order valence-corrected chi connectivity index (χ1v) is 4.88. The molecule has 0 aromatic carbocycles. The second kappa shape index (κ2) is 3.35. The average molecular weight is 198 g/mol. The van der Waals surface area contributed by atoms with Crippen LogP contribution < -0.4 is 0 Å². The highest BCUT2D eigenvalue weighted by molar-refractivity contribution is 5.32. The molecule has 0 saturated heterocycles. The maximum Gasteiger partial charge on any atom is 0.152 e. The SMILES string of the molecule is CC(C)c1c2c(nn1C)COCC2F. The van der Waals surface area contributed by atoms with Gasteiger partial charge in [0.1, 0.15) is 0 Å². The highest BCUT2D eigenvalue weighted by Gasteiger charge is 2.28. The van der Waals surface area contributed by atoms with E-state index in [2.05, 4.69) is 18.9 Å². The Morgan fingerprint density at radius 3 is 2.93 bits per heavy atom. The third-order valence-corrected chi connectivity index (χ3v) is 2.57. The molecule has 1 aromatic rings. The van der Waals surface area contributed by atoms with Gasteiger partial charge >= 0.3 is 0 Å². The number of rotatable bonds is 1. The number of halogens is 1. The van der Waals surface area contributed by atoms with Gasteiger partial charge in [0.05, 0.1) is 18.9 Å². The number of hydrogen-bond donors (Lipinski definition) is 0. The minimum absolute atomic E-state index is 0.165. The summed E-state index contributed by atoms with van der Waals surface area (Å²) < 4.78 is 20.5. The fourth-order valence-corrected chi connectivity index (χ4v) is 2.09. The molecule has 1 aliphatic heterocycles. The van der Waals surface area contributed by atoms with Crippen LogP contribution in [0.1, 0.15) is 42.9 Å². The molecule has 2 rings (SSSR count). The number of ether oxygens (including phenoxy) is 1. The van der Waals surface area contributed by atoms with E-state index in [-0.39, 0.29) is 6.61 Å². The van der Waals surface area contributed by atoms with Crippen LogP contribution in [0.25, 0.3) is 0 Å². The van der Waals surface area contributed by atoms with Crippen molar-refractivity contribution in [1.29, 1.82) is 0 Å². The predicted molar refractivity (Wildman–Crippen MR) is 50.8 cm³/mol. The summed E-state index contributed by atoms with van der Waals surface area (Å²) in [5.41, 5.74) is 2.51. The predicted octanol–water partition coefficient (Wildman–Crippen LogP) is 2.08. The van der Waals surface area contributed by atoms with E-state index in [9.17, 15) is 4.39 Å². The van der Waals surface area contributed by atoms with Crippen LogP contribution in [-0.4, -0.2) is 16.4 Å². The van der Waals surface area contributed by atoms with Crippen molar-refractivity contribution in [3.63, 3.8) is 0 Å². The molecule has 0 saturated carbocycles. The molecule has 0 aliphatic carbocycles. The molecule has 2 heterocycles. The monoisotopic (exact) mass is 198 g/mol. The zero-order valence-corrected chi connectivity index (χ0v) is 8.75. The fourth-order valence-electron chi connectivity index (χ4n) is 2.09. The Bertz CT molecular complexity index is 346. The molecular weight excluding hydrogens is 183 g/mol. The van der Waals surface area contributed by atoms with Gasteiger partial charge in [0.25, 0.3) is 0 Å². The molecule has 0 radical (unpaired) electrons. The van der Waals surface area contributed by atoms with Gasteiger partial charge in [-0.05, 0) is 5.92 Å². The molecule has 4 heteroatoms. The summed E-state index contributed by atoms with van der Waals surface area (Å²) >= 11 is 0. The summed E-state index contributed by atoms with van der Waals surface area (Å²) in [6.07, 6.45) is -1.01. The Kier molecular flexibility index (Phi) is 2.31. The van der Waals surface area contributed by atoms with Crippen LogP contribution in [0.15, 0.2) is 0 Å². The molecule has 0 bridgehead atoms. The van der Waals surface area contributed by atoms with Crippen molar-refractivity contribution in [2.24, 2.45) is 7.05 Å². The lowest BCUT2D eigenvalue weighted by Crippen LogP contribution is -2.14. The minimum Gasteiger partial charge on any atom is -0.372 e. The van der Waals surface area contributed by atoms with E-state index in [0.717, 1.165) is 17.0 Å². The lowest BCUT2D eigenvalue weighted by Gasteiger charge is -2.18. The lowest BCUT2D eigenvalue weighted by atomic mass is 9.99. The molecule has 1 atom stereocenters. The third-order valence-electron chi connectivity index (χ3n) is 2.57. The van der Waals surface area contributed by atoms with Crippen LogP contribution in [-0.2, 0) is 18.4 Å². The van der Waals surface area contributed by atoms with Gasteiger partial charge in [-0.25, -0.2) is 4.39 Å². The van der Waals surface area contributed by atoms with Gasteiger partial charge < -0.3 is 4.74 Å². The molecular formula is C10H15FN2O. The van der Waals surface area contributed by atoms with E-state index >= 15 is 0 Å². The van der Waals surface area contributed by atoms with Gasteiger partial charge in [-0.2, -0.15) is 5.10 Å². The van der Waals surface area contributed by atoms with E-state index in [4.69, 9.17) is 4.74 Å². The van der Waals surface area contributed by atoms with Crippen LogP contribution in [0.5, 0.6) is 0 Å². The summed E-state index contributed by atoms with van der Waals surface area (Å²) in [6, 6.07) is 0. The summed E-state index contributed by atoms with van der Waals surface area (Å²) in [4.78, 5) is 0. The number of hydrogen-bond acceptors (Lipinski definition) is 2. The molecule has 14 heavy (non-hydrogen) atoms. The van der Waals surface area contributed by atoms with Crippen molar-refractivity contribution in [3.8, 4) is 0 Å². The fraction of sp³-hybridized carbons (Fsp3) is 0.700. The molecule has 1 aromatic heterocycles. The van der Waals surface area contributed by atoms with Crippen molar-refractivity contribution in [2.45, 2.75) is 32.5 Å². The summed E-state index contributed by atoms with van der Waals surface area (Å²) in [6.45, 7) is 4.72. The van der Waals surface area contributed by atoms with Crippen LogP contribution in [0.4, 0.5) is 4.39 Å². The second-order valence-corrected chi connectivity index (χ2v) is 4.01. The maximum atomic E-state index is 13.6. The summed E-state index contributed by atoms with van der Waals surface area (Å²) in [5.74, 6) is 0.299. The maximum absolute atomic E-state index is 13.6. The molecule has 78 valence electrons. The average Bonchev–Trinajstić information content (AvgIpc) is 2.42. The normalized spacial score (nSPS) is 21.4. The molecule has 1 unspecified atom stereocenters. The molecule has 0 spiro atoms. The van der Waals surface area contributed by atoms with Crippen LogP contribution in [0, 0.1) is 0 Å². The van der Waals surface area contributed by atoms with Crippen molar-refractivity contribution < 1.29 is 9.13 Å². The van der Waals surface area contributed by atoms with Crippen molar-refractivity contribution in [3.05, 3.63) is 17.0 Å². The van der Waals surface area contributed by atoms with Gasteiger partial charge in [-0.3, -0.25) is 4.68 Å². The standard InChI is InChI=1S/C10H15FN2O/c1-6(2)10-9-7(11)4-14-5-8(9)12-13(10)3/h6-7H,4-5H2,1-3H3. The molecule has 0 fully saturated rings. The second-order valence-electron chi connectivity index (χ2n) is 4.01. The Hall–Kier alpha value is -0.900. The smallest absolute Gasteiger partial charge is 0.152 e. The van der Waals surface area contributed by atoms with Gasteiger partial charge in [0.2, 0.25) is 0 Å². The van der Waals surface area contributed by atoms with Crippen LogP contribution in [0.2, 0.25) is 0 Å².